The van der Waals surface area contributed by atoms with Gasteiger partial charge in [-0.1, -0.05) is 13.8 Å². The van der Waals surface area contributed by atoms with Gasteiger partial charge in [-0.3, -0.25) is 9.78 Å². The highest BCUT2D eigenvalue weighted by Crippen LogP contribution is 2.27. The molecule has 1 aromatic carbocycles. The van der Waals surface area contributed by atoms with E-state index in [-0.39, 0.29) is 10.8 Å². The van der Waals surface area contributed by atoms with E-state index in [1.807, 2.05) is 0 Å². The monoisotopic (exact) mass is 373 g/mol. The van der Waals surface area contributed by atoms with Crippen LogP contribution in [0.3, 0.4) is 0 Å². The van der Waals surface area contributed by atoms with Crippen molar-refractivity contribution in [3.8, 4) is 0 Å². The number of aromatic nitrogens is 1. The second-order valence-electron chi connectivity index (χ2n) is 6.99. The van der Waals surface area contributed by atoms with Gasteiger partial charge in [0.15, 0.2) is 0 Å². The minimum absolute atomic E-state index is 0.248. The predicted octanol–water partition coefficient (Wildman–Crippen LogP) is 3.00. The molecule has 1 aliphatic heterocycles. The fourth-order valence-corrected chi connectivity index (χ4v) is 5.04. The van der Waals surface area contributed by atoms with Gasteiger partial charge in [-0.05, 0) is 54.7 Å². The van der Waals surface area contributed by atoms with Crippen LogP contribution in [0.15, 0.2) is 53.7 Å². The third-order valence-corrected chi connectivity index (χ3v) is 6.35. The first-order chi connectivity index (χ1) is 12.4. The average molecular weight is 373 g/mol. The minimum atomic E-state index is -3.51. The molecule has 26 heavy (non-hydrogen) atoms. The molecule has 0 aliphatic carbocycles. The highest BCUT2D eigenvalue weighted by Gasteiger charge is 2.31. The van der Waals surface area contributed by atoms with E-state index in [4.69, 9.17) is 0 Å². The number of benzene rings is 1. The van der Waals surface area contributed by atoms with Crippen LogP contribution in [0.25, 0.3) is 0 Å². The average Bonchev–Trinajstić information content (AvgIpc) is 2.62. The number of amides is 1. The summed E-state index contributed by atoms with van der Waals surface area (Å²) in [5.41, 5.74) is 0.985. The number of anilines is 1. The zero-order valence-corrected chi connectivity index (χ0v) is 15.7. The standard InChI is InChI=1S/C19H23N3O3S/c1-14-10-15(2)13-22(12-14)26(24,25)18-7-5-17(6-8-18)21-19(23)16-4-3-9-20-11-16/h3-9,11,14-15H,10,12-13H2,1-2H3,(H,21,23)/t14-,15+. The number of nitrogens with one attached hydrogen (secondary N) is 1. The highest BCUT2D eigenvalue weighted by molar-refractivity contribution is 7.89. The summed E-state index contributed by atoms with van der Waals surface area (Å²) in [7, 11) is -3.51. The van der Waals surface area contributed by atoms with E-state index >= 15 is 0 Å². The lowest BCUT2D eigenvalue weighted by atomic mass is 9.94. The normalized spacial score (nSPS) is 21.3. The van der Waals surface area contributed by atoms with Crippen molar-refractivity contribution in [3.63, 3.8) is 0 Å². The first kappa shape index (κ1) is 18.5. The fourth-order valence-electron chi connectivity index (χ4n) is 3.36. The van der Waals surface area contributed by atoms with E-state index in [0.717, 1.165) is 6.42 Å². The second kappa shape index (κ2) is 7.55. The molecule has 1 fully saturated rings. The maximum absolute atomic E-state index is 12.9. The van der Waals surface area contributed by atoms with Crippen molar-refractivity contribution in [1.29, 1.82) is 0 Å². The number of piperidine rings is 1. The zero-order chi connectivity index (χ0) is 18.7. The SMILES string of the molecule is C[C@@H]1C[C@H](C)CN(S(=O)(=O)c2ccc(NC(=O)c3cccnc3)cc2)C1. The van der Waals surface area contributed by atoms with Crippen molar-refractivity contribution in [1.82, 2.24) is 9.29 Å². The summed E-state index contributed by atoms with van der Waals surface area (Å²) in [4.78, 5) is 16.3. The molecule has 1 saturated heterocycles. The van der Waals surface area contributed by atoms with Gasteiger partial charge in [0, 0.05) is 31.2 Å². The van der Waals surface area contributed by atoms with Crippen molar-refractivity contribution < 1.29 is 13.2 Å². The predicted molar refractivity (Wildman–Crippen MR) is 100 cm³/mol. The second-order valence-corrected chi connectivity index (χ2v) is 8.93. The number of hydrogen-bond acceptors (Lipinski definition) is 4. The van der Waals surface area contributed by atoms with Gasteiger partial charge in [-0.25, -0.2) is 8.42 Å². The molecular formula is C19H23N3O3S. The number of carbonyl (C=O) groups is 1. The molecule has 1 amide bonds. The van der Waals surface area contributed by atoms with E-state index in [1.165, 1.54) is 18.3 Å². The molecule has 138 valence electrons. The molecular weight excluding hydrogens is 350 g/mol. The van der Waals surface area contributed by atoms with Crippen LogP contribution in [0.4, 0.5) is 5.69 Å². The maximum Gasteiger partial charge on any atom is 0.257 e. The van der Waals surface area contributed by atoms with Crippen LogP contribution in [0, 0.1) is 11.8 Å². The van der Waals surface area contributed by atoms with Gasteiger partial charge in [0.1, 0.15) is 0 Å². The number of hydrogen-bond donors (Lipinski definition) is 1. The number of sulfonamides is 1. The van der Waals surface area contributed by atoms with E-state index in [1.54, 1.807) is 34.8 Å². The van der Waals surface area contributed by atoms with Crippen LogP contribution in [0.2, 0.25) is 0 Å². The Kier molecular flexibility index (Phi) is 5.38. The summed E-state index contributed by atoms with van der Waals surface area (Å²) in [6.45, 7) is 5.25. The van der Waals surface area contributed by atoms with Crippen LogP contribution in [-0.2, 0) is 10.0 Å². The van der Waals surface area contributed by atoms with Crippen molar-refractivity contribution in [2.45, 2.75) is 25.2 Å². The molecule has 1 N–H and O–H groups in total. The Morgan fingerprint density at radius 2 is 1.77 bits per heavy atom. The summed E-state index contributed by atoms with van der Waals surface area (Å²) in [5, 5.41) is 2.74. The van der Waals surface area contributed by atoms with E-state index in [0.29, 0.717) is 36.2 Å². The minimum Gasteiger partial charge on any atom is -0.322 e. The topological polar surface area (TPSA) is 79.4 Å². The van der Waals surface area contributed by atoms with Gasteiger partial charge >= 0.3 is 0 Å². The smallest absolute Gasteiger partial charge is 0.257 e. The van der Waals surface area contributed by atoms with Crippen LogP contribution >= 0.6 is 0 Å². The van der Waals surface area contributed by atoms with Crippen molar-refractivity contribution in [2.75, 3.05) is 18.4 Å². The first-order valence-electron chi connectivity index (χ1n) is 8.68. The third-order valence-electron chi connectivity index (χ3n) is 4.51. The summed E-state index contributed by atoms with van der Waals surface area (Å²) in [6.07, 6.45) is 4.12. The van der Waals surface area contributed by atoms with Gasteiger partial charge in [0.05, 0.1) is 10.5 Å². The Morgan fingerprint density at radius 3 is 2.35 bits per heavy atom. The molecule has 3 rings (SSSR count). The Morgan fingerprint density at radius 1 is 1.12 bits per heavy atom. The first-order valence-corrected chi connectivity index (χ1v) is 10.1. The lowest BCUT2D eigenvalue weighted by Crippen LogP contribution is -2.42. The van der Waals surface area contributed by atoms with E-state index in [9.17, 15) is 13.2 Å². The molecule has 0 spiro atoms. The summed E-state index contributed by atoms with van der Waals surface area (Å²) in [6, 6.07) is 9.65. The van der Waals surface area contributed by atoms with E-state index in [2.05, 4.69) is 24.1 Å². The van der Waals surface area contributed by atoms with E-state index < -0.39 is 10.0 Å². The Balaban J connectivity index is 1.73. The van der Waals surface area contributed by atoms with Crippen LogP contribution in [0.1, 0.15) is 30.6 Å². The molecule has 2 aromatic rings. The fraction of sp³-hybridized carbons (Fsp3) is 0.368. The van der Waals surface area contributed by atoms with Crippen molar-refractivity contribution in [3.05, 3.63) is 54.4 Å². The van der Waals surface area contributed by atoms with Crippen molar-refractivity contribution in [2.24, 2.45) is 11.8 Å². The summed E-state index contributed by atoms with van der Waals surface area (Å²) >= 11 is 0. The lowest BCUT2D eigenvalue weighted by Gasteiger charge is -2.34. The molecule has 0 radical (unpaired) electrons. The van der Waals surface area contributed by atoms with Gasteiger partial charge in [-0.15, -0.1) is 0 Å². The Labute approximate surface area is 154 Å². The lowest BCUT2D eigenvalue weighted by molar-refractivity contribution is 0.102. The third kappa shape index (κ3) is 4.11. The molecule has 6 nitrogen and oxygen atoms in total. The van der Waals surface area contributed by atoms with Crippen LogP contribution < -0.4 is 5.32 Å². The Hall–Kier alpha value is -2.25. The van der Waals surface area contributed by atoms with Crippen LogP contribution in [-0.4, -0.2) is 36.7 Å². The molecule has 0 bridgehead atoms. The number of pyridine rings is 1. The molecule has 0 saturated carbocycles. The number of nitrogens with zero attached hydrogens (tertiary/aromatic N) is 2. The molecule has 1 aromatic heterocycles. The Bertz CT molecular complexity index is 857. The van der Waals surface area contributed by atoms with Crippen molar-refractivity contribution >= 4 is 21.6 Å². The zero-order valence-electron chi connectivity index (χ0n) is 14.9. The summed E-state index contributed by atoms with van der Waals surface area (Å²) in [5.74, 6) is 0.422. The highest BCUT2D eigenvalue weighted by atomic mass is 32.2. The molecule has 7 heteroatoms. The number of rotatable bonds is 4. The molecule has 2 heterocycles. The van der Waals surface area contributed by atoms with Gasteiger partial charge in [0.25, 0.3) is 5.91 Å². The number of carbonyl (C=O) groups excluding carboxylic acids is 1. The molecule has 2 atom stereocenters. The van der Waals surface area contributed by atoms with Gasteiger partial charge in [0.2, 0.25) is 10.0 Å². The van der Waals surface area contributed by atoms with Crippen LogP contribution in [0.5, 0.6) is 0 Å². The maximum atomic E-state index is 12.9. The van der Waals surface area contributed by atoms with Gasteiger partial charge < -0.3 is 5.32 Å². The summed E-state index contributed by atoms with van der Waals surface area (Å²) < 4.78 is 27.3. The van der Waals surface area contributed by atoms with Gasteiger partial charge in [-0.2, -0.15) is 4.31 Å². The quantitative estimate of drug-likeness (QED) is 0.893. The molecule has 0 unspecified atom stereocenters. The largest absolute Gasteiger partial charge is 0.322 e. The molecule has 1 aliphatic rings.